The number of rotatable bonds is 7. The van der Waals surface area contributed by atoms with Crippen molar-refractivity contribution in [2.75, 3.05) is 25.8 Å². The van der Waals surface area contributed by atoms with Crippen LogP contribution in [0, 0.1) is 0 Å². The van der Waals surface area contributed by atoms with Crippen LogP contribution < -0.4 is 24.5 Å². The molecule has 2 N–H and O–H groups in total. The molecule has 0 spiro atoms. The highest BCUT2D eigenvalue weighted by Gasteiger charge is 2.22. The molecule has 0 aliphatic carbocycles. The van der Waals surface area contributed by atoms with Crippen molar-refractivity contribution < 1.29 is 23.8 Å². The Morgan fingerprint density at radius 3 is 2.61 bits per heavy atom. The molecule has 4 aromatic carbocycles. The maximum atomic E-state index is 13.6. The molecule has 1 amide bonds. The van der Waals surface area contributed by atoms with Crippen molar-refractivity contribution in [2.45, 2.75) is 0 Å². The van der Waals surface area contributed by atoms with Gasteiger partial charge in [-0.15, -0.1) is 0 Å². The molecule has 0 bridgehead atoms. The third kappa shape index (κ3) is 5.90. The van der Waals surface area contributed by atoms with Crippen LogP contribution >= 0.6 is 43.5 Å². The number of hydrogen-bond donors (Lipinski definition) is 2. The third-order valence-corrected chi connectivity index (χ3v) is 8.26. The number of carbonyl (C=O) groups is 2. The summed E-state index contributed by atoms with van der Waals surface area (Å²) in [7, 11) is 3.90. The van der Waals surface area contributed by atoms with Crippen LogP contribution in [-0.2, 0) is 0 Å². The van der Waals surface area contributed by atoms with Gasteiger partial charge in [0.15, 0.2) is 17.2 Å². The smallest absolute Gasteiger partial charge is 0.343 e. The summed E-state index contributed by atoms with van der Waals surface area (Å²) in [5, 5.41) is 5.55. The first kappa shape index (κ1) is 29.7. The number of ether oxygens (including phenoxy) is 3. The molecule has 222 valence electrons. The number of nitrogens with zero attached hydrogens (tertiary/aromatic N) is 2. The molecule has 0 radical (unpaired) electrons. The fourth-order valence-electron chi connectivity index (χ4n) is 4.75. The molecule has 2 heterocycles. The first-order valence-electron chi connectivity index (χ1n) is 13.2. The molecule has 0 atom stereocenters. The van der Waals surface area contributed by atoms with Gasteiger partial charge in [0, 0.05) is 56.9 Å². The molecule has 0 saturated heterocycles. The molecule has 6 rings (SSSR count). The fourth-order valence-corrected chi connectivity index (χ4v) is 6.32. The minimum absolute atomic E-state index is 0.0912. The third-order valence-electron chi connectivity index (χ3n) is 6.88. The van der Waals surface area contributed by atoms with E-state index >= 15 is 0 Å². The lowest BCUT2D eigenvalue weighted by Crippen LogP contribution is -2.19. The van der Waals surface area contributed by atoms with E-state index in [1.807, 2.05) is 55.4 Å². The highest BCUT2D eigenvalue weighted by Crippen LogP contribution is 2.38. The van der Waals surface area contributed by atoms with Crippen LogP contribution in [0.15, 0.2) is 86.8 Å². The normalized spacial score (nSPS) is 12.1. The first-order valence-corrected chi connectivity index (χ1v) is 15.2. The van der Waals surface area contributed by atoms with E-state index in [1.54, 1.807) is 36.4 Å². The van der Waals surface area contributed by atoms with E-state index in [-0.39, 0.29) is 18.1 Å². The number of nitrogens with one attached hydrogen (secondary N) is 2. The Bertz CT molecular complexity index is 1970. The predicted molar refractivity (Wildman–Crippen MR) is 177 cm³/mol. The van der Waals surface area contributed by atoms with Crippen molar-refractivity contribution in [3.05, 3.63) is 104 Å². The van der Waals surface area contributed by atoms with Crippen LogP contribution in [0.5, 0.6) is 17.2 Å². The standard InChI is InChI=1S/C32H23Br2ClN4O5/c1-39(2)20-8-9-25-22(14-20)28(21-5-3-4-6-24(21)35)29(37-25)31(40)38-36-15-18-11-19(33)13-23(34)30(18)44-32(41)17-7-10-26-27(12-17)43-16-42-26/h3-15,37H,16H2,1-2H3,(H,38,40). The van der Waals surface area contributed by atoms with Crippen LogP contribution in [0.2, 0.25) is 5.02 Å². The number of hydrogen-bond acceptors (Lipinski definition) is 7. The molecule has 1 aliphatic rings. The SMILES string of the molecule is CN(C)c1ccc2[nH]c(C(=O)NN=Cc3cc(Br)cc(Br)c3OC(=O)c3ccc4c(c3)OCO4)c(-c3ccccc3Cl)c2c1. The van der Waals surface area contributed by atoms with E-state index < -0.39 is 11.9 Å². The number of anilines is 1. The highest BCUT2D eigenvalue weighted by atomic mass is 79.9. The van der Waals surface area contributed by atoms with Crippen LogP contribution in [-0.4, -0.2) is 44.0 Å². The summed E-state index contributed by atoms with van der Waals surface area (Å²) < 4.78 is 17.6. The maximum absolute atomic E-state index is 13.6. The largest absolute Gasteiger partial charge is 0.454 e. The Kier molecular flexibility index (Phi) is 8.35. The van der Waals surface area contributed by atoms with E-state index in [0.717, 1.165) is 16.6 Å². The summed E-state index contributed by atoms with van der Waals surface area (Å²) in [6, 6.07) is 21.5. The number of aromatic amines is 1. The van der Waals surface area contributed by atoms with E-state index in [9.17, 15) is 9.59 Å². The Balaban J connectivity index is 1.30. The van der Waals surface area contributed by atoms with Gasteiger partial charge in [-0.25, -0.2) is 10.2 Å². The number of fused-ring (bicyclic) bond motifs is 2. The highest BCUT2D eigenvalue weighted by molar-refractivity contribution is 9.11. The van der Waals surface area contributed by atoms with Gasteiger partial charge in [-0.3, -0.25) is 4.79 Å². The molecule has 1 aromatic heterocycles. The van der Waals surface area contributed by atoms with Crippen LogP contribution in [0.25, 0.3) is 22.0 Å². The van der Waals surface area contributed by atoms with Gasteiger partial charge in [-0.05, 0) is 70.5 Å². The van der Waals surface area contributed by atoms with Gasteiger partial charge >= 0.3 is 5.97 Å². The molecule has 0 saturated carbocycles. The number of aromatic nitrogens is 1. The molecule has 0 unspecified atom stereocenters. The summed E-state index contributed by atoms with van der Waals surface area (Å²) in [6.45, 7) is 0.0912. The van der Waals surface area contributed by atoms with E-state index in [0.29, 0.717) is 47.9 Å². The predicted octanol–water partition coefficient (Wildman–Crippen LogP) is 7.79. The van der Waals surface area contributed by atoms with Gasteiger partial charge < -0.3 is 24.1 Å². The van der Waals surface area contributed by atoms with Crippen molar-refractivity contribution in [3.8, 4) is 28.4 Å². The minimum atomic E-state index is -0.607. The molecule has 0 fully saturated rings. The maximum Gasteiger partial charge on any atom is 0.343 e. The lowest BCUT2D eigenvalue weighted by molar-refractivity contribution is 0.0732. The number of H-pyrrole nitrogens is 1. The lowest BCUT2D eigenvalue weighted by atomic mass is 10.0. The summed E-state index contributed by atoms with van der Waals surface area (Å²) in [5.74, 6) is 0.148. The average molecular weight is 739 g/mol. The van der Waals surface area contributed by atoms with Crippen molar-refractivity contribution in [1.29, 1.82) is 0 Å². The van der Waals surface area contributed by atoms with Gasteiger partial charge in [0.25, 0.3) is 5.91 Å². The molecule has 1 aliphatic heterocycles. The second kappa shape index (κ2) is 12.4. The second-order valence-electron chi connectivity index (χ2n) is 9.94. The molecule has 12 heteroatoms. The molecule has 44 heavy (non-hydrogen) atoms. The van der Waals surface area contributed by atoms with Crippen LogP contribution in [0.3, 0.4) is 0 Å². The zero-order valence-corrected chi connectivity index (χ0v) is 27.2. The Hall–Kier alpha value is -4.32. The molecule has 5 aromatic rings. The number of hydrazone groups is 1. The van der Waals surface area contributed by atoms with E-state index in [2.05, 4.69) is 47.4 Å². The number of carbonyl (C=O) groups excluding carboxylic acids is 2. The van der Waals surface area contributed by atoms with Crippen molar-refractivity contribution >= 4 is 78.1 Å². The van der Waals surface area contributed by atoms with Gasteiger partial charge in [-0.1, -0.05) is 45.7 Å². The van der Waals surface area contributed by atoms with Gasteiger partial charge in [0.2, 0.25) is 6.79 Å². The van der Waals surface area contributed by atoms with Crippen LogP contribution in [0.4, 0.5) is 5.69 Å². The van der Waals surface area contributed by atoms with Crippen molar-refractivity contribution in [2.24, 2.45) is 5.10 Å². The van der Waals surface area contributed by atoms with E-state index in [1.165, 1.54) is 6.21 Å². The summed E-state index contributed by atoms with van der Waals surface area (Å²) in [4.78, 5) is 31.8. The Morgan fingerprint density at radius 2 is 1.82 bits per heavy atom. The van der Waals surface area contributed by atoms with Crippen molar-refractivity contribution in [3.63, 3.8) is 0 Å². The number of esters is 1. The zero-order chi connectivity index (χ0) is 31.0. The number of halogens is 3. The number of amides is 1. The van der Waals surface area contributed by atoms with Gasteiger partial charge in [0.05, 0.1) is 16.3 Å². The number of benzene rings is 4. The first-order chi connectivity index (χ1) is 21.2. The Labute approximate surface area is 274 Å². The zero-order valence-electron chi connectivity index (χ0n) is 23.3. The van der Waals surface area contributed by atoms with Gasteiger partial charge in [-0.2, -0.15) is 5.10 Å². The summed E-state index contributed by atoms with van der Waals surface area (Å²) >= 11 is 13.5. The monoisotopic (exact) mass is 736 g/mol. The topological polar surface area (TPSA) is 105 Å². The molecule has 9 nitrogen and oxygen atoms in total. The van der Waals surface area contributed by atoms with Crippen molar-refractivity contribution in [1.82, 2.24) is 10.4 Å². The van der Waals surface area contributed by atoms with Gasteiger partial charge in [0.1, 0.15) is 5.69 Å². The second-order valence-corrected chi connectivity index (χ2v) is 12.1. The Morgan fingerprint density at radius 1 is 1.02 bits per heavy atom. The van der Waals surface area contributed by atoms with E-state index in [4.69, 9.17) is 25.8 Å². The van der Waals surface area contributed by atoms with Crippen LogP contribution in [0.1, 0.15) is 26.4 Å². The summed E-state index contributed by atoms with van der Waals surface area (Å²) in [6.07, 6.45) is 1.40. The molecular weight excluding hydrogens is 716 g/mol. The quantitative estimate of drug-likeness (QED) is 0.0765. The lowest BCUT2D eigenvalue weighted by Gasteiger charge is -2.13. The fraction of sp³-hybridized carbons (Fsp3) is 0.0938. The average Bonchev–Trinajstić information content (AvgIpc) is 3.63. The summed E-state index contributed by atoms with van der Waals surface area (Å²) in [5.41, 5.74) is 6.71. The minimum Gasteiger partial charge on any atom is -0.454 e. The molecular formula is C32H23Br2ClN4O5.